The zero-order valence-corrected chi connectivity index (χ0v) is 15.2. The van der Waals surface area contributed by atoms with Gasteiger partial charge in [0.05, 0.1) is 35.9 Å². The van der Waals surface area contributed by atoms with Gasteiger partial charge in [0.25, 0.3) is 0 Å². The van der Waals surface area contributed by atoms with Gasteiger partial charge in [0.15, 0.2) is 9.84 Å². The summed E-state index contributed by atoms with van der Waals surface area (Å²) in [5.41, 5.74) is 6.26. The highest BCUT2D eigenvalue weighted by molar-refractivity contribution is 7.91. The average molecular weight is 375 g/mol. The molecule has 0 spiro atoms. The molecule has 7 nitrogen and oxygen atoms in total. The van der Waals surface area contributed by atoms with Gasteiger partial charge in [0, 0.05) is 6.42 Å². The zero-order chi connectivity index (χ0) is 17.7. The molecule has 1 aromatic rings. The number of para-hydroxylation sites is 1. The molecule has 0 aromatic heterocycles. The lowest BCUT2D eigenvalue weighted by atomic mass is 10.2. The fourth-order valence-corrected chi connectivity index (χ4v) is 4.39. The van der Waals surface area contributed by atoms with Gasteiger partial charge in [0.2, 0.25) is 0 Å². The Bertz CT molecular complexity index is 749. The van der Waals surface area contributed by atoms with Crippen LogP contribution in [-0.2, 0) is 19.4 Å². The van der Waals surface area contributed by atoms with Crippen LogP contribution in [0.15, 0.2) is 24.3 Å². The Morgan fingerprint density at radius 3 is 2.71 bits per heavy atom. The number of halogens is 1. The maximum atomic E-state index is 12.2. The van der Waals surface area contributed by atoms with Crippen molar-refractivity contribution in [3.63, 3.8) is 0 Å². The third-order valence-electron chi connectivity index (χ3n) is 3.77. The van der Waals surface area contributed by atoms with E-state index >= 15 is 0 Å². The van der Waals surface area contributed by atoms with Gasteiger partial charge in [-0.25, -0.2) is 18.6 Å². The summed E-state index contributed by atoms with van der Waals surface area (Å²) in [7, 11) is -1.40. The van der Waals surface area contributed by atoms with Gasteiger partial charge >= 0.3 is 11.8 Å². The van der Waals surface area contributed by atoms with Crippen LogP contribution in [0.4, 0.5) is 5.69 Å². The van der Waals surface area contributed by atoms with Crippen LogP contribution in [-0.4, -0.2) is 56.0 Å². The number of benzene rings is 1. The fourth-order valence-electron chi connectivity index (χ4n) is 2.44. The number of rotatable bonds is 4. The monoisotopic (exact) mass is 374 g/mol. The minimum Gasteiger partial charge on any atom is -0.457 e. The molecule has 1 saturated heterocycles. The summed E-state index contributed by atoms with van der Waals surface area (Å²) >= 11 is 6.07. The smallest absolute Gasteiger partial charge is 0.423 e. The molecule has 2 rings (SSSR count). The van der Waals surface area contributed by atoms with Crippen molar-refractivity contribution >= 4 is 38.9 Å². The molecule has 0 bridgehead atoms. The van der Waals surface area contributed by atoms with Crippen molar-refractivity contribution in [2.24, 2.45) is 0 Å². The van der Waals surface area contributed by atoms with E-state index in [0.717, 1.165) is 0 Å². The molecule has 1 atom stereocenters. The maximum Gasteiger partial charge on any atom is 0.423 e. The number of anilines is 1. The predicted octanol–water partition coefficient (Wildman–Crippen LogP) is 1.05. The first-order valence-electron chi connectivity index (χ1n) is 7.58. The van der Waals surface area contributed by atoms with E-state index in [1.165, 1.54) is 0 Å². The SMILES string of the molecule is CCOC(=O)C(NNc1ccccc1Cl)=[N+](C)[C@@H]1CCS(=O)(=O)C1. The first-order chi connectivity index (χ1) is 11.3. The number of hydrogen-bond acceptors (Lipinski definition) is 5. The third kappa shape index (κ3) is 4.61. The summed E-state index contributed by atoms with van der Waals surface area (Å²) < 4.78 is 30.0. The van der Waals surface area contributed by atoms with Gasteiger partial charge in [-0.05, 0) is 19.1 Å². The van der Waals surface area contributed by atoms with Gasteiger partial charge in [-0.1, -0.05) is 23.7 Å². The lowest BCUT2D eigenvalue weighted by molar-refractivity contribution is -0.533. The Kier molecular flexibility index (Phi) is 6.06. The summed E-state index contributed by atoms with van der Waals surface area (Å²) in [5, 5.41) is 0.485. The van der Waals surface area contributed by atoms with Crippen LogP contribution in [0.25, 0.3) is 0 Å². The Hall–Kier alpha value is -1.80. The van der Waals surface area contributed by atoms with E-state index in [4.69, 9.17) is 16.3 Å². The second kappa shape index (κ2) is 7.85. The molecule has 24 heavy (non-hydrogen) atoms. The van der Waals surface area contributed by atoms with Crippen molar-refractivity contribution < 1.29 is 22.5 Å². The van der Waals surface area contributed by atoms with Crippen molar-refractivity contribution in [3.8, 4) is 0 Å². The minimum absolute atomic E-state index is 0.0141. The van der Waals surface area contributed by atoms with Crippen LogP contribution in [0.2, 0.25) is 5.02 Å². The number of hydrogen-bond donors (Lipinski definition) is 2. The van der Waals surface area contributed by atoms with E-state index in [1.54, 1.807) is 42.8 Å². The van der Waals surface area contributed by atoms with Crippen molar-refractivity contribution in [2.45, 2.75) is 19.4 Å². The number of ether oxygens (including phenoxy) is 1. The topological polar surface area (TPSA) is 87.5 Å². The lowest BCUT2D eigenvalue weighted by Crippen LogP contribution is -2.46. The summed E-state index contributed by atoms with van der Waals surface area (Å²) in [6.07, 6.45) is 0.468. The van der Waals surface area contributed by atoms with Crippen LogP contribution in [0.3, 0.4) is 0 Å². The van der Waals surface area contributed by atoms with Crippen molar-refractivity contribution in [1.29, 1.82) is 0 Å². The molecular formula is C15H21ClN3O4S+. The van der Waals surface area contributed by atoms with E-state index in [2.05, 4.69) is 10.9 Å². The predicted molar refractivity (Wildman–Crippen MR) is 93.1 cm³/mol. The number of esters is 1. The highest BCUT2D eigenvalue weighted by Crippen LogP contribution is 2.19. The van der Waals surface area contributed by atoms with Gasteiger partial charge in [0.1, 0.15) is 6.04 Å². The highest BCUT2D eigenvalue weighted by Gasteiger charge is 2.35. The molecule has 1 aliphatic heterocycles. The van der Waals surface area contributed by atoms with E-state index in [-0.39, 0.29) is 30.0 Å². The van der Waals surface area contributed by atoms with Gasteiger partial charge in [-0.2, -0.15) is 5.43 Å². The van der Waals surface area contributed by atoms with Gasteiger partial charge in [-0.3, -0.25) is 4.58 Å². The Morgan fingerprint density at radius 2 is 2.12 bits per heavy atom. The van der Waals surface area contributed by atoms with E-state index in [1.807, 2.05) is 0 Å². The Labute approximate surface area is 146 Å². The normalized spacial score (nSPS) is 20.2. The standard InChI is InChI=1S/C15H20ClN3O4S/c1-3-23-15(20)14(18-17-13-7-5-4-6-12(13)16)19(2)11-8-9-24(21,22)10-11/h4-7,11H,3,8-10H2,1-2H3,(H,17,20)/p+1/t11-/m1/s1. The van der Waals surface area contributed by atoms with Gasteiger partial charge < -0.3 is 4.74 Å². The molecule has 0 amide bonds. The largest absolute Gasteiger partial charge is 0.457 e. The number of nitrogens with one attached hydrogen (secondary N) is 2. The number of hydrazine groups is 1. The van der Waals surface area contributed by atoms with Gasteiger partial charge in [-0.15, -0.1) is 0 Å². The Balaban J connectivity index is 2.22. The van der Waals surface area contributed by atoms with Crippen LogP contribution >= 0.6 is 11.6 Å². The zero-order valence-electron chi connectivity index (χ0n) is 13.6. The Morgan fingerprint density at radius 1 is 1.42 bits per heavy atom. The van der Waals surface area contributed by atoms with Crippen molar-refractivity contribution in [2.75, 3.05) is 30.6 Å². The summed E-state index contributed by atoms with van der Waals surface area (Å²) in [6, 6.07) is 6.77. The van der Waals surface area contributed by atoms with E-state index in [0.29, 0.717) is 17.1 Å². The summed E-state index contributed by atoms with van der Waals surface area (Å²) in [6.45, 7) is 1.92. The molecule has 0 saturated carbocycles. The molecule has 9 heteroatoms. The third-order valence-corrected chi connectivity index (χ3v) is 5.85. The maximum absolute atomic E-state index is 12.2. The molecule has 0 unspecified atom stereocenters. The van der Waals surface area contributed by atoms with Crippen LogP contribution in [0.5, 0.6) is 0 Å². The highest BCUT2D eigenvalue weighted by atomic mass is 35.5. The summed E-state index contributed by atoms with van der Waals surface area (Å²) in [5.74, 6) is -0.293. The lowest BCUT2D eigenvalue weighted by Gasteiger charge is -2.13. The molecule has 2 N–H and O–H groups in total. The number of carbonyl (C=O) groups excluding carboxylic acids is 1. The second-order valence-corrected chi connectivity index (χ2v) is 8.10. The minimum atomic E-state index is -3.06. The van der Waals surface area contributed by atoms with Crippen molar-refractivity contribution in [3.05, 3.63) is 29.3 Å². The average Bonchev–Trinajstić information content (AvgIpc) is 2.89. The molecular weight excluding hydrogens is 354 g/mol. The molecule has 1 aliphatic rings. The molecule has 1 heterocycles. The first kappa shape index (κ1) is 18.5. The number of sulfone groups is 1. The number of carbonyl (C=O) groups is 1. The van der Waals surface area contributed by atoms with Crippen LogP contribution in [0.1, 0.15) is 13.3 Å². The molecule has 0 aliphatic carbocycles. The van der Waals surface area contributed by atoms with Crippen molar-refractivity contribution in [1.82, 2.24) is 5.43 Å². The molecule has 1 fully saturated rings. The van der Waals surface area contributed by atoms with Crippen LogP contribution in [0, 0.1) is 0 Å². The molecule has 1 aromatic carbocycles. The van der Waals surface area contributed by atoms with E-state index < -0.39 is 15.8 Å². The quantitative estimate of drug-likeness (QED) is 0.269. The molecule has 132 valence electrons. The molecule has 0 radical (unpaired) electrons. The number of nitrogens with zero attached hydrogens (tertiary/aromatic N) is 1. The van der Waals surface area contributed by atoms with E-state index in [9.17, 15) is 13.2 Å². The second-order valence-electron chi connectivity index (χ2n) is 5.47. The summed E-state index contributed by atoms with van der Waals surface area (Å²) in [4.78, 5) is 12.2. The first-order valence-corrected chi connectivity index (χ1v) is 9.78. The van der Waals surface area contributed by atoms with Crippen LogP contribution < -0.4 is 10.9 Å². The fraction of sp³-hybridized carbons (Fsp3) is 0.467. The number of amidine groups is 1.